The predicted octanol–water partition coefficient (Wildman–Crippen LogP) is 3.46. The first kappa shape index (κ1) is 24.2. The second-order valence-electron chi connectivity index (χ2n) is 6.94. The zero-order chi connectivity index (χ0) is 24.0. The molecular formula is C23H20ClN3O5S. The number of nitrogens with zero attached hydrogens (tertiary/aromatic N) is 1. The number of methoxy groups -OCH3 is 2. The van der Waals surface area contributed by atoms with Gasteiger partial charge in [0.25, 0.3) is 0 Å². The summed E-state index contributed by atoms with van der Waals surface area (Å²) in [5, 5.41) is 16.0. The molecule has 1 aliphatic rings. The molecular weight excluding hydrogens is 466 g/mol. The highest BCUT2D eigenvalue weighted by atomic mass is 35.5. The molecule has 0 aromatic heterocycles. The fraction of sp³-hybridized carbons (Fsp3) is 0.217. The van der Waals surface area contributed by atoms with Gasteiger partial charge in [-0.3, -0.25) is 14.4 Å². The van der Waals surface area contributed by atoms with Crippen molar-refractivity contribution in [2.75, 3.05) is 25.3 Å². The van der Waals surface area contributed by atoms with Crippen molar-refractivity contribution in [2.24, 2.45) is 5.92 Å². The van der Waals surface area contributed by atoms with Crippen LogP contribution in [0.1, 0.15) is 11.5 Å². The summed E-state index contributed by atoms with van der Waals surface area (Å²) in [4.78, 5) is 37.6. The van der Waals surface area contributed by atoms with Crippen LogP contribution in [0, 0.1) is 17.2 Å². The first-order valence-corrected chi connectivity index (χ1v) is 11.1. The Kier molecular flexibility index (Phi) is 7.98. The first-order valence-electron chi connectivity index (χ1n) is 9.73. The molecule has 0 saturated heterocycles. The number of benzene rings is 2. The van der Waals surface area contributed by atoms with Gasteiger partial charge < -0.3 is 20.1 Å². The maximum absolute atomic E-state index is 12.8. The van der Waals surface area contributed by atoms with Crippen molar-refractivity contribution in [2.45, 2.75) is 5.92 Å². The van der Waals surface area contributed by atoms with E-state index < -0.39 is 23.7 Å². The number of nitriles is 1. The minimum Gasteiger partial charge on any atom is -0.497 e. The molecule has 2 amide bonds. The molecule has 0 aliphatic carbocycles. The molecule has 8 nitrogen and oxygen atoms in total. The Morgan fingerprint density at radius 2 is 1.82 bits per heavy atom. The van der Waals surface area contributed by atoms with Crippen LogP contribution < -0.4 is 15.4 Å². The Balaban J connectivity index is 1.88. The number of esters is 1. The van der Waals surface area contributed by atoms with E-state index in [1.165, 1.54) is 14.2 Å². The van der Waals surface area contributed by atoms with Gasteiger partial charge in [0.1, 0.15) is 11.7 Å². The number of thioether (sulfide) groups is 1. The molecule has 1 aliphatic heterocycles. The number of hydrogen-bond acceptors (Lipinski definition) is 7. The zero-order valence-electron chi connectivity index (χ0n) is 17.8. The average Bonchev–Trinajstić information content (AvgIpc) is 2.83. The summed E-state index contributed by atoms with van der Waals surface area (Å²) in [6.07, 6.45) is 0. The van der Waals surface area contributed by atoms with Crippen molar-refractivity contribution in [1.29, 1.82) is 5.26 Å². The highest BCUT2D eigenvalue weighted by molar-refractivity contribution is 8.03. The van der Waals surface area contributed by atoms with Gasteiger partial charge in [-0.05, 0) is 42.0 Å². The van der Waals surface area contributed by atoms with Crippen LogP contribution in [-0.4, -0.2) is 37.8 Å². The Morgan fingerprint density at radius 3 is 2.39 bits per heavy atom. The van der Waals surface area contributed by atoms with Gasteiger partial charge in [-0.2, -0.15) is 5.26 Å². The summed E-state index contributed by atoms with van der Waals surface area (Å²) in [7, 11) is 2.70. The molecule has 0 unspecified atom stereocenters. The van der Waals surface area contributed by atoms with Gasteiger partial charge in [0.15, 0.2) is 0 Å². The van der Waals surface area contributed by atoms with Crippen molar-refractivity contribution < 1.29 is 23.9 Å². The maximum atomic E-state index is 12.8. The quantitative estimate of drug-likeness (QED) is 0.455. The molecule has 0 saturated carbocycles. The highest BCUT2D eigenvalue weighted by Crippen LogP contribution is 2.40. The molecule has 2 N–H and O–H groups in total. The number of ether oxygens (including phenoxy) is 2. The topological polar surface area (TPSA) is 118 Å². The van der Waals surface area contributed by atoms with E-state index in [1.54, 1.807) is 48.5 Å². The van der Waals surface area contributed by atoms with E-state index >= 15 is 0 Å². The van der Waals surface area contributed by atoms with Crippen LogP contribution in [0.4, 0.5) is 5.69 Å². The summed E-state index contributed by atoms with van der Waals surface area (Å²) in [5.74, 6) is -3.30. The highest BCUT2D eigenvalue weighted by Gasteiger charge is 2.44. The average molecular weight is 486 g/mol. The van der Waals surface area contributed by atoms with Gasteiger partial charge in [0, 0.05) is 16.6 Å². The van der Waals surface area contributed by atoms with Gasteiger partial charge in [-0.15, -0.1) is 0 Å². The summed E-state index contributed by atoms with van der Waals surface area (Å²) in [5.41, 5.74) is 1.30. The van der Waals surface area contributed by atoms with Crippen LogP contribution in [0.15, 0.2) is 59.1 Å². The fourth-order valence-corrected chi connectivity index (χ4v) is 4.33. The van der Waals surface area contributed by atoms with Gasteiger partial charge in [-0.1, -0.05) is 35.5 Å². The SMILES string of the molecule is COC(=O)[C@H]1C(=O)NC(SCC(=O)Nc2ccc(Cl)cc2)=C(C#N)[C@@H]1c1ccc(OC)cc1. The molecule has 170 valence electrons. The zero-order valence-corrected chi connectivity index (χ0v) is 19.3. The van der Waals surface area contributed by atoms with Gasteiger partial charge >= 0.3 is 5.97 Å². The van der Waals surface area contributed by atoms with Crippen LogP contribution in [-0.2, 0) is 19.1 Å². The summed E-state index contributed by atoms with van der Waals surface area (Å²) < 4.78 is 9.98. The largest absolute Gasteiger partial charge is 0.497 e. The molecule has 0 spiro atoms. The van der Waals surface area contributed by atoms with Gasteiger partial charge in [0.05, 0.1) is 36.6 Å². The molecule has 3 rings (SSSR count). The van der Waals surface area contributed by atoms with Gasteiger partial charge in [-0.25, -0.2) is 0 Å². The van der Waals surface area contributed by atoms with E-state index in [0.717, 1.165) is 11.8 Å². The molecule has 0 bridgehead atoms. The van der Waals surface area contributed by atoms with E-state index in [-0.39, 0.29) is 22.3 Å². The Morgan fingerprint density at radius 1 is 1.15 bits per heavy atom. The fourth-order valence-electron chi connectivity index (χ4n) is 3.36. The lowest BCUT2D eigenvalue weighted by atomic mass is 9.78. The van der Waals surface area contributed by atoms with Crippen LogP contribution in [0.2, 0.25) is 5.02 Å². The van der Waals surface area contributed by atoms with Crippen molar-refractivity contribution in [3.63, 3.8) is 0 Å². The number of carbonyl (C=O) groups is 3. The van der Waals surface area contributed by atoms with E-state index in [2.05, 4.69) is 16.7 Å². The summed E-state index contributed by atoms with van der Waals surface area (Å²) in [6, 6.07) is 15.4. The number of anilines is 1. The smallest absolute Gasteiger partial charge is 0.319 e. The molecule has 2 aromatic carbocycles. The Labute approximate surface area is 199 Å². The first-order chi connectivity index (χ1) is 15.9. The molecule has 1 heterocycles. The van der Waals surface area contributed by atoms with E-state index in [1.807, 2.05) is 0 Å². The minimum atomic E-state index is -1.25. The standard InChI is InChI=1S/C23H20ClN3O5S/c1-31-16-9-3-13(4-10-16)19-17(11-25)22(27-21(29)20(19)23(30)32-2)33-12-18(28)26-15-7-5-14(24)6-8-15/h3-10,19-20H,12H2,1-2H3,(H,26,28)(H,27,29)/t19-,20+/m0/s1. The summed E-state index contributed by atoms with van der Waals surface area (Å²) >= 11 is 6.85. The number of carbonyl (C=O) groups excluding carboxylic acids is 3. The van der Waals surface area contributed by atoms with E-state index in [0.29, 0.717) is 22.0 Å². The van der Waals surface area contributed by atoms with Crippen LogP contribution >= 0.6 is 23.4 Å². The number of rotatable bonds is 7. The van der Waals surface area contributed by atoms with Crippen LogP contribution in [0.3, 0.4) is 0 Å². The normalized spacial score (nSPS) is 17.6. The van der Waals surface area contributed by atoms with Crippen LogP contribution in [0.5, 0.6) is 5.75 Å². The molecule has 2 aromatic rings. The third kappa shape index (κ3) is 5.66. The number of halogens is 1. The second-order valence-corrected chi connectivity index (χ2v) is 8.36. The van der Waals surface area contributed by atoms with Crippen molar-refractivity contribution in [1.82, 2.24) is 5.32 Å². The van der Waals surface area contributed by atoms with E-state index in [9.17, 15) is 19.6 Å². The number of amides is 2. The van der Waals surface area contributed by atoms with Crippen molar-refractivity contribution >= 4 is 46.8 Å². The predicted molar refractivity (Wildman–Crippen MR) is 125 cm³/mol. The molecule has 10 heteroatoms. The Bertz CT molecular complexity index is 1130. The summed E-state index contributed by atoms with van der Waals surface area (Å²) in [6.45, 7) is 0. The third-order valence-electron chi connectivity index (χ3n) is 4.93. The maximum Gasteiger partial charge on any atom is 0.319 e. The molecule has 0 fully saturated rings. The minimum absolute atomic E-state index is 0.0678. The lowest BCUT2D eigenvalue weighted by molar-refractivity contribution is -0.150. The molecule has 0 radical (unpaired) electrons. The molecule has 2 atom stereocenters. The monoisotopic (exact) mass is 485 g/mol. The third-order valence-corrected chi connectivity index (χ3v) is 6.20. The Hall–Kier alpha value is -3.48. The van der Waals surface area contributed by atoms with Crippen molar-refractivity contribution in [3.8, 4) is 11.8 Å². The number of allylic oxidation sites excluding steroid dienone is 1. The number of nitrogens with one attached hydrogen (secondary N) is 2. The molecule has 33 heavy (non-hydrogen) atoms. The van der Waals surface area contributed by atoms with Crippen LogP contribution in [0.25, 0.3) is 0 Å². The van der Waals surface area contributed by atoms with E-state index in [4.69, 9.17) is 21.1 Å². The second kappa shape index (κ2) is 10.9. The number of hydrogen-bond donors (Lipinski definition) is 2. The lowest BCUT2D eigenvalue weighted by Gasteiger charge is -2.31. The van der Waals surface area contributed by atoms with Gasteiger partial charge in [0.2, 0.25) is 11.8 Å². The van der Waals surface area contributed by atoms with Crippen molar-refractivity contribution in [3.05, 3.63) is 69.7 Å². The lowest BCUT2D eigenvalue weighted by Crippen LogP contribution is -2.44.